The third-order valence-electron chi connectivity index (χ3n) is 5.32. The topological polar surface area (TPSA) is 82.5 Å². The Morgan fingerprint density at radius 1 is 1.03 bits per heavy atom. The molecular weight excluding hydrogens is 426 g/mol. The molecule has 0 unspecified atom stereocenters. The van der Waals surface area contributed by atoms with Crippen molar-refractivity contribution in [2.75, 3.05) is 0 Å². The highest BCUT2D eigenvalue weighted by atomic mass is 35.5. The van der Waals surface area contributed by atoms with Crippen molar-refractivity contribution in [3.63, 3.8) is 0 Å². The predicted molar refractivity (Wildman–Crippen MR) is 123 cm³/mol. The Bertz CT molecular complexity index is 1470. The summed E-state index contributed by atoms with van der Waals surface area (Å²) in [5, 5.41) is 10.1. The number of aryl methyl sites for hydroxylation is 2. The number of pyridine rings is 1. The van der Waals surface area contributed by atoms with Crippen molar-refractivity contribution in [1.82, 2.24) is 29.1 Å². The van der Waals surface area contributed by atoms with Gasteiger partial charge >= 0.3 is 0 Å². The molecule has 4 heterocycles. The SMILES string of the molecule is Cc1cccc(-n2c(C)c(C)c3c2ncn2nc(CON=Cc4ccc(Cl)cc4)nc32)n1. The van der Waals surface area contributed by atoms with Gasteiger partial charge in [0.1, 0.15) is 12.1 Å². The molecule has 0 N–H and O–H groups in total. The first-order valence-corrected chi connectivity index (χ1v) is 10.5. The minimum atomic E-state index is 0.144. The smallest absolute Gasteiger partial charge is 0.192 e. The normalized spacial score (nSPS) is 11.8. The molecule has 0 aliphatic rings. The first-order chi connectivity index (χ1) is 15.5. The van der Waals surface area contributed by atoms with Gasteiger partial charge in [0.25, 0.3) is 0 Å². The van der Waals surface area contributed by atoms with E-state index < -0.39 is 0 Å². The summed E-state index contributed by atoms with van der Waals surface area (Å²) in [7, 11) is 0. The van der Waals surface area contributed by atoms with Crippen LogP contribution < -0.4 is 0 Å². The fourth-order valence-corrected chi connectivity index (χ4v) is 3.77. The molecule has 4 aromatic heterocycles. The molecule has 0 saturated heterocycles. The number of benzene rings is 1. The van der Waals surface area contributed by atoms with Crippen molar-refractivity contribution >= 4 is 34.5 Å². The van der Waals surface area contributed by atoms with E-state index in [1.165, 1.54) is 0 Å². The van der Waals surface area contributed by atoms with Gasteiger partial charge in [-0.05, 0) is 56.2 Å². The molecule has 1 aromatic carbocycles. The summed E-state index contributed by atoms with van der Waals surface area (Å²) in [5.41, 5.74) is 5.51. The van der Waals surface area contributed by atoms with Gasteiger partial charge in [0.2, 0.25) is 0 Å². The second-order valence-corrected chi connectivity index (χ2v) is 7.92. The molecule has 0 aliphatic carbocycles. The zero-order valence-electron chi connectivity index (χ0n) is 17.8. The lowest BCUT2D eigenvalue weighted by Gasteiger charge is -2.07. The van der Waals surface area contributed by atoms with Crippen LogP contribution >= 0.6 is 11.6 Å². The first kappa shape index (κ1) is 20.1. The third kappa shape index (κ3) is 3.58. The number of hydrogen-bond acceptors (Lipinski definition) is 6. The summed E-state index contributed by atoms with van der Waals surface area (Å²) in [6.45, 7) is 6.24. The number of oxime groups is 1. The van der Waals surface area contributed by atoms with Gasteiger partial charge in [-0.2, -0.15) is 0 Å². The zero-order chi connectivity index (χ0) is 22.2. The van der Waals surface area contributed by atoms with E-state index in [9.17, 15) is 0 Å². The number of rotatable bonds is 5. The highest BCUT2D eigenvalue weighted by molar-refractivity contribution is 6.30. The van der Waals surface area contributed by atoms with Crippen LogP contribution in [0, 0.1) is 20.8 Å². The Labute approximate surface area is 189 Å². The van der Waals surface area contributed by atoms with Crippen LogP contribution in [0.3, 0.4) is 0 Å². The van der Waals surface area contributed by atoms with Crippen molar-refractivity contribution in [3.05, 3.63) is 82.2 Å². The van der Waals surface area contributed by atoms with Crippen molar-refractivity contribution in [1.29, 1.82) is 0 Å². The maximum Gasteiger partial charge on any atom is 0.192 e. The van der Waals surface area contributed by atoms with Crippen molar-refractivity contribution in [2.24, 2.45) is 5.16 Å². The molecule has 0 atom stereocenters. The second kappa shape index (κ2) is 8.05. The highest BCUT2D eigenvalue weighted by Crippen LogP contribution is 2.29. The van der Waals surface area contributed by atoms with Crippen LogP contribution in [0.15, 0.2) is 53.9 Å². The van der Waals surface area contributed by atoms with E-state index in [0.717, 1.165) is 45.0 Å². The van der Waals surface area contributed by atoms with Crippen LogP contribution in [0.1, 0.15) is 28.3 Å². The maximum absolute atomic E-state index is 5.89. The molecular formula is C23H20ClN7O. The van der Waals surface area contributed by atoms with Gasteiger partial charge in [-0.3, -0.25) is 4.57 Å². The van der Waals surface area contributed by atoms with E-state index >= 15 is 0 Å². The summed E-state index contributed by atoms with van der Waals surface area (Å²) in [6.07, 6.45) is 3.28. The standard InChI is InChI=1S/C23H20ClN7O/c1-14-5-4-6-20(27-14)31-16(3)15(2)21-22(31)25-13-30-23(21)28-19(29-30)12-32-26-11-17-7-9-18(24)10-8-17/h4-11,13H,12H2,1-3H3. The minimum Gasteiger partial charge on any atom is -0.387 e. The van der Waals surface area contributed by atoms with E-state index in [-0.39, 0.29) is 6.61 Å². The Hall–Kier alpha value is -3.78. The van der Waals surface area contributed by atoms with E-state index in [1.54, 1.807) is 29.2 Å². The quantitative estimate of drug-likeness (QED) is 0.292. The fraction of sp³-hybridized carbons (Fsp3) is 0.174. The average molecular weight is 446 g/mol. The Kier molecular flexibility index (Phi) is 5.07. The summed E-state index contributed by atoms with van der Waals surface area (Å²) < 4.78 is 3.73. The fourth-order valence-electron chi connectivity index (χ4n) is 3.64. The number of hydrogen-bond donors (Lipinski definition) is 0. The zero-order valence-corrected chi connectivity index (χ0v) is 18.6. The molecule has 0 aliphatic heterocycles. The molecule has 32 heavy (non-hydrogen) atoms. The molecule has 0 fully saturated rings. The van der Waals surface area contributed by atoms with Crippen molar-refractivity contribution in [2.45, 2.75) is 27.4 Å². The summed E-state index contributed by atoms with van der Waals surface area (Å²) in [4.78, 5) is 19.4. The average Bonchev–Trinajstić information content (AvgIpc) is 3.31. The Morgan fingerprint density at radius 2 is 1.84 bits per heavy atom. The van der Waals surface area contributed by atoms with E-state index in [1.807, 2.05) is 37.3 Å². The summed E-state index contributed by atoms with van der Waals surface area (Å²) in [6, 6.07) is 13.3. The van der Waals surface area contributed by atoms with Crippen LogP contribution in [0.5, 0.6) is 0 Å². The van der Waals surface area contributed by atoms with Crippen LogP contribution in [0.2, 0.25) is 5.02 Å². The first-order valence-electron chi connectivity index (χ1n) is 10.1. The van der Waals surface area contributed by atoms with E-state index in [2.05, 4.69) is 43.6 Å². The molecule has 5 rings (SSSR count). The molecule has 5 aromatic rings. The summed E-state index contributed by atoms with van der Waals surface area (Å²) >= 11 is 5.89. The van der Waals surface area contributed by atoms with Gasteiger partial charge < -0.3 is 4.84 Å². The van der Waals surface area contributed by atoms with Crippen LogP contribution in [0.25, 0.3) is 22.5 Å². The second-order valence-electron chi connectivity index (χ2n) is 7.48. The van der Waals surface area contributed by atoms with Gasteiger partial charge in [-0.25, -0.2) is 19.5 Å². The van der Waals surface area contributed by atoms with E-state index in [0.29, 0.717) is 10.8 Å². The monoisotopic (exact) mass is 445 g/mol. The predicted octanol–water partition coefficient (Wildman–Crippen LogP) is 4.59. The van der Waals surface area contributed by atoms with Gasteiger partial charge in [0, 0.05) is 16.4 Å². The maximum atomic E-state index is 5.89. The van der Waals surface area contributed by atoms with Crippen LogP contribution in [-0.4, -0.2) is 35.3 Å². The Balaban J connectivity index is 1.47. The largest absolute Gasteiger partial charge is 0.387 e. The van der Waals surface area contributed by atoms with Crippen LogP contribution in [-0.2, 0) is 11.4 Å². The minimum absolute atomic E-state index is 0.144. The van der Waals surface area contributed by atoms with Crippen LogP contribution in [0.4, 0.5) is 0 Å². The number of halogens is 1. The third-order valence-corrected chi connectivity index (χ3v) is 5.57. The van der Waals surface area contributed by atoms with Gasteiger partial charge in [0.05, 0.1) is 11.6 Å². The number of aromatic nitrogens is 6. The van der Waals surface area contributed by atoms with Gasteiger partial charge in [-0.15, -0.1) is 5.10 Å². The molecule has 0 amide bonds. The lowest BCUT2D eigenvalue weighted by Crippen LogP contribution is -2.02. The molecule has 0 radical (unpaired) electrons. The van der Waals surface area contributed by atoms with Gasteiger partial charge in [0.15, 0.2) is 23.7 Å². The number of nitrogens with zero attached hydrogens (tertiary/aromatic N) is 7. The molecule has 9 heteroatoms. The summed E-state index contributed by atoms with van der Waals surface area (Å²) in [5.74, 6) is 1.35. The highest BCUT2D eigenvalue weighted by Gasteiger charge is 2.19. The Morgan fingerprint density at radius 3 is 2.62 bits per heavy atom. The van der Waals surface area contributed by atoms with Crippen molar-refractivity contribution < 1.29 is 4.84 Å². The van der Waals surface area contributed by atoms with E-state index in [4.69, 9.17) is 16.4 Å². The number of fused-ring (bicyclic) bond motifs is 3. The molecule has 0 saturated carbocycles. The molecule has 8 nitrogen and oxygen atoms in total. The van der Waals surface area contributed by atoms with Crippen molar-refractivity contribution in [3.8, 4) is 5.82 Å². The lowest BCUT2D eigenvalue weighted by atomic mass is 10.2. The van der Waals surface area contributed by atoms with Gasteiger partial charge in [-0.1, -0.05) is 35.0 Å². The molecule has 0 bridgehead atoms. The molecule has 160 valence electrons. The molecule has 0 spiro atoms. The lowest BCUT2D eigenvalue weighted by molar-refractivity contribution is 0.126.